The highest BCUT2D eigenvalue weighted by atomic mass is 14.6. The van der Waals surface area contributed by atoms with Crippen LogP contribution in [0.25, 0.3) is 11.6 Å². The van der Waals surface area contributed by atoms with Crippen LogP contribution in [0, 0.1) is 10.8 Å². The molecule has 0 heterocycles. The first-order valence-electron chi connectivity index (χ1n) is 7.97. The molecule has 1 aromatic rings. The Morgan fingerprint density at radius 3 is 2.41 bits per heavy atom. The van der Waals surface area contributed by atoms with Crippen LogP contribution in [0.2, 0.25) is 0 Å². The number of allylic oxidation sites excluding steroid dienone is 11. The number of hydrogen-bond donors (Lipinski definition) is 0. The average Bonchev–Trinajstić information content (AvgIpc) is 2.52. The molecule has 0 amide bonds. The first-order valence-corrected chi connectivity index (χ1v) is 7.97. The van der Waals surface area contributed by atoms with E-state index in [1.54, 1.807) is 0 Å². The molecule has 2 atom stereocenters. The molecule has 0 saturated carbocycles. The van der Waals surface area contributed by atoms with Crippen molar-refractivity contribution in [2.45, 2.75) is 13.8 Å². The van der Waals surface area contributed by atoms with Crippen molar-refractivity contribution >= 4 is 11.6 Å². The summed E-state index contributed by atoms with van der Waals surface area (Å²) in [5, 5.41) is 0. The Labute approximate surface area is 131 Å². The van der Waals surface area contributed by atoms with E-state index in [0.717, 1.165) is 0 Å². The largest absolute Gasteiger partial charge is 0.0617 e. The van der Waals surface area contributed by atoms with Crippen molar-refractivity contribution in [2.24, 2.45) is 10.8 Å². The van der Waals surface area contributed by atoms with Crippen molar-refractivity contribution < 1.29 is 0 Å². The van der Waals surface area contributed by atoms with Crippen molar-refractivity contribution in [2.75, 3.05) is 0 Å². The van der Waals surface area contributed by atoms with E-state index in [2.05, 4.69) is 86.7 Å². The molecule has 5 rings (SSSR count). The number of benzene rings is 1. The molecule has 2 unspecified atom stereocenters. The molecule has 4 aliphatic rings. The Bertz CT molecular complexity index is 898. The predicted octanol–water partition coefficient (Wildman–Crippen LogP) is 5.49. The van der Waals surface area contributed by atoms with Crippen LogP contribution in [0.3, 0.4) is 0 Å². The summed E-state index contributed by atoms with van der Waals surface area (Å²) in [6, 6.07) is 8.78. The minimum atomic E-state index is 0.0107. The molecule has 106 valence electrons. The van der Waals surface area contributed by atoms with E-state index in [4.69, 9.17) is 0 Å². The molecule has 1 aromatic carbocycles. The Morgan fingerprint density at radius 2 is 1.50 bits per heavy atom. The lowest BCUT2D eigenvalue weighted by Crippen LogP contribution is -2.47. The van der Waals surface area contributed by atoms with Crippen LogP contribution in [0.1, 0.15) is 25.0 Å². The van der Waals surface area contributed by atoms with E-state index in [1.165, 1.54) is 33.4 Å². The molecule has 0 aromatic heterocycles. The summed E-state index contributed by atoms with van der Waals surface area (Å²) < 4.78 is 0. The second-order valence-corrected chi connectivity index (χ2v) is 6.95. The third kappa shape index (κ3) is 1.14. The topological polar surface area (TPSA) is 0 Å². The van der Waals surface area contributed by atoms with Crippen molar-refractivity contribution in [3.8, 4) is 0 Å². The van der Waals surface area contributed by atoms with Gasteiger partial charge in [0.05, 0.1) is 0 Å². The molecule has 0 nitrogen and oxygen atoms in total. The van der Waals surface area contributed by atoms with Gasteiger partial charge < -0.3 is 0 Å². The van der Waals surface area contributed by atoms with Crippen molar-refractivity contribution in [3.05, 3.63) is 94.6 Å². The fraction of sp³-hybridized carbons (Fsp3) is 0.182. The summed E-state index contributed by atoms with van der Waals surface area (Å²) in [6.45, 7) is 4.83. The van der Waals surface area contributed by atoms with E-state index >= 15 is 0 Å². The summed E-state index contributed by atoms with van der Waals surface area (Å²) in [6.07, 6.45) is 18.4. The maximum Gasteiger partial charge on any atom is 0.0315 e. The Kier molecular flexibility index (Phi) is 2.06. The summed E-state index contributed by atoms with van der Waals surface area (Å²) in [4.78, 5) is 0. The van der Waals surface area contributed by atoms with E-state index in [-0.39, 0.29) is 10.8 Å². The molecule has 0 N–H and O–H groups in total. The SMILES string of the molecule is CC12C3=CC=CC1=CC=C1c4ccccc4C=C(C=C3)C12C. The maximum absolute atomic E-state index is 2.42. The minimum absolute atomic E-state index is 0.0107. The van der Waals surface area contributed by atoms with Crippen LogP contribution < -0.4 is 0 Å². The molecule has 0 fully saturated rings. The second-order valence-electron chi connectivity index (χ2n) is 6.95. The Hall–Kier alpha value is -2.34. The minimum Gasteiger partial charge on any atom is -0.0617 e. The van der Waals surface area contributed by atoms with Gasteiger partial charge >= 0.3 is 0 Å². The smallest absolute Gasteiger partial charge is 0.0315 e. The van der Waals surface area contributed by atoms with Gasteiger partial charge in [-0.05, 0) is 33.4 Å². The lowest BCUT2D eigenvalue weighted by Gasteiger charge is -2.56. The van der Waals surface area contributed by atoms with E-state index in [1.807, 2.05) is 0 Å². The van der Waals surface area contributed by atoms with E-state index < -0.39 is 0 Å². The summed E-state index contributed by atoms with van der Waals surface area (Å²) in [5.74, 6) is 0. The number of rotatable bonds is 0. The van der Waals surface area contributed by atoms with Crippen LogP contribution in [-0.2, 0) is 0 Å². The lowest BCUT2D eigenvalue weighted by molar-refractivity contribution is 0.277. The first-order chi connectivity index (χ1) is 10.7. The third-order valence-corrected chi connectivity index (χ3v) is 6.26. The molecule has 0 bridgehead atoms. The highest BCUT2D eigenvalue weighted by Gasteiger charge is 2.56. The lowest BCUT2D eigenvalue weighted by atomic mass is 9.46. The fourth-order valence-corrected chi connectivity index (χ4v) is 4.76. The Balaban J connectivity index is 1.95. The second kappa shape index (κ2) is 3.70. The van der Waals surface area contributed by atoms with E-state index in [0.29, 0.717) is 0 Å². The van der Waals surface area contributed by atoms with Crippen molar-refractivity contribution in [3.63, 3.8) is 0 Å². The van der Waals surface area contributed by atoms with Gasteiger partial charge in [-0.3, -0.25) is 0 Å². The highest BCUT2D eigenvalue weighted by molar-refractivity contribution is 5.91. The number of hydrogen-bond acceptors (Lipinski definition) is 0. The zero-order chi connectivity index (χ0) is 14.9. The normalized spacial score (nSPS) is 33.2. The third-order valence-electron chi connectivity index (χ3n) is 6.26. The average molecular weight is 282 g/mol. The summed E-state index contributed by atoms with van der Waals surface area (Å²) in [5.41, 5.74) is 8.49. The molecule has 0 radical (unpaired) electrons. The Morgan fingerprint density at radius 1 is 0.727 bits per heavy atom. The van der Waals surface area contributed by atoms with Gasteiger partial charge in [0.1, 0.15) is 0 Å². The van der Waals surface area contributed by atoms with Crippen molar-refractivity contribution in [1.29, 1.82) is 0 Å². The van der Waals surface area contributed by atoms with Gasteiger partial charge in [-0.15, -0.1) is 0 Å². The number of fused-ring (bicyclic) bond motifs is 2. The van der Waals surface area contributed by atoms with Crippen LogP contribution >= 0.6 is 0 Å². The van der Waals surface area contributed by atoms with Gasteiger partial charge in [-0.1, -0.05) is 86.7 Å². The fourth-order valence-electron chi connectivity index (χ4n) is 4.76. The molecule has 4 aliphatic carbocycles. The first kappa shape index (κ1) is 12.2. The zero-order valence-electron chi connectivity index (χ0n) is 12.9. The predicted molar refractivity (Wildman–Crippen MR) is 93.1 cm³/mol. The van der Waals surface area contributed by atoms with E-state index in [9.17, 15) is 0 Å². The van der Waals surface area contributed by atoms with Gasteiger partial charge in [0.2, 0.25) is 0 Å². The standard InChI is InChI=1S/C22H18/c1-21-16-7-5-8-17(21)12-13-20-19-9-4-3-6-15(19)14-18(11-10-16)22(20,21)2/h3-14H,1-2H3. The monoisotopic (exact) mass is 282 g/mol. The molecular formula is C22H18. The highest BCUT2D eigenvalue weighted by Crippen LogP contribution is 2.67. The van der Waals surface area contributed by atoms with Gasteiger partial charge in [-0.25, -0.2) is 0 Å². The molecule has 0 saturated heterocycles. The van der Waals surface area contributed by atoms with Gasteiger partial charge in [-0.2, -0.15) is 0 Å². The molecule has 0 heteroatoms. The van der Waals surface area contributed by atoms with Gasteiger partial charge in [0.15, 0.2) is 0 Å². The van der Waals surface area contributed by atoms with Crippen LogP contribution in [0.4, 0.5) is 0 Å². The quantitative estimate of drug-likeness (QED) is 0.590. The maximum atomic E-state index is 2.42. The zero-order valence-corrected chi connectivity index (χ0v) is 12.9. The molecular weight excluding hydrogens is 264 g/mol. The molecule has 0 spiro atoms. The van der Waals surface area contributed by atoms with Gasteiger partial charge in [0.25, 0.3) is 0 Å². The molecule has 0 aliphatic heterocycles. The van der Waals surface area contributed by atoms with Crippen LogP contribution in [-0.4, -0.2) is 0 Å². The van der Waals surface area contributed by atoms with Gasteiger partial charge in [0, 0.05) is 10.8 Å². The van der Waals surface area contributed by atoms with Crippen LogP contribution in [0.15, 0.2) is 83.5 Å². The van der Waals surface area contributed by atoms with Crippen LogP contribution in [0.5, 0.6) is 0 Å². The summed E-state index contributed by atoms with van der Waals surface area (Å²) in [7, 11) is 0. The summed E-state index contributed by atoms with van der Waals surface area (Å²) >= 11 is 0. The molecule has 22 heavy (non-hydrogen) atoms. The van der Waals surface area contributed by atoms with Crippen molar-refractivity contribution in [1.82, 2.24) is 0 Å².